The van der Waals surface area contributed by atoms with E-state index in [0.29, 0.717) is 29.3 Å². The molecule has 6 aromatic rings. The average Bonchev–Trinajstić information content (AvgIpc) is 3.59. The van der Waals surface area contributed by atoms with Crippen LogP contribution in [0, 0.1) is 48.6 Å². The van der Waals surface area contributed by atoms with Gasteiger partial charge in [0, 0.05) is 40.4 Å². The molecule has 0 amide bonds. The Hall–Kier alpha value is -3.95. The minimum absolute atomic E-state index is 0. The summed E-state index contributed by atoms with van der Waals surface area (Å²) in [6, 6.07) is 28.6. The van der Waals surface area contributed by atoms with Crippen LogP contribution in [0.25, 0.3) is 33.3 Å². The number of aryl methyl sites for hydroxylation is 2. The Bertz CT molecular complexity index is 2360. The molecule has 0 spiro atoms. The number of rotatable bonds is 8. The van der Waals surface area contributed by atoms with Crippen molar-refractivity contribution in [1.29, 1.82) is 0 Å². The Labute approximate surface area is 343 Å². The summed E-state index contributed by atoms with van der Waals surface area (Å²) in [4.78, 5) is 4.83. The fraction of sp³-hybridized carbons (Fsp3) is 0.429. The quantitative estimate of drug-likeness (QED) is 0.113. The van der Waals surface area contributed by atoms with Crippen LogP contribution in [-0.2, 0) is 27.5 Å². The Morgan fingerprint density at radius 1 is 0.909 bits per heavy atom. The maximum Gasteiger partial charge on any atom is 2.00 e. The van der Waals surface area contributed by atoms with Gasteiger partial charge in [-0.3, -0.25) is 4.68 Å². The zero-order valence-corrected chi connectivity index (χ0v) is 37.1. The van der Waals surface area contributed by atoms with Crippen LogP contribution >= 0.6 is 0 Å². The van der Waals surface area contributed by atoms with Crippen LogP contribution in [0.1, 0.15) is 122 Å². The molecule has 55 heavy (non-hydrogen) atoms. The third kappa shape index (κ3) is 7.89. The molecule has 3 aromatic carbocycles. The third-order valence-corrected chi connectivity index (χ3v) is 11.6. The van der Waals surface area contributed by atoms with E-state index in [0.717, 1.165) is 46.5 Å². The second-order valence-corrected chi connectivity index (χ2v) is 18.2. The van der Waals surface area contributed by atoms with Crippen LogP contribution in [0.4, 0.5) is 0 Å². The molecule has 0 bridgehead atoms. The number of hydrogen-bond donors (Lipinski definition) is 0. The first-order valence-corrected chi connectivity index (χ1v) is 20.0. The summed E-state index contributed by atoms with van der Waals surface area (Å²) >= 11 is 0. The molecule has 3 atom stereocenters. The van der Waals surface area contributed by atoms with Crippen LogP contribution < -0.4 is 4.74 Å². The monoisotopic (exact) mass is 913 g/mol. The van der Waals surface area contributed by atoms with Crippen molar-refractivity contribution in [2.45, 2.75) is 114 Å². The van der Waals surface area contributed by atoms with E-state index in [1.807, 2.05) is 12.3 Å². The van der Waals surface area contributed by atoms with E-state index in [2.05, 4.69) is 165 Å². The smallest absolute Gasteiger partial charge is 0.509 e. The first kappa shape index (κ1) is 40.7. The number of aromatic nitrogens is 4. The molecule has 3 heterocycles. The number of para-hydroxylation sites is 1. The van der Waals surface area contributed by atoms with Gasteiger partial charge in [-0.15, -0.1) is 41.3 Å². The minimum atomic E-state index is 0. The van der Waals surface area contributed by atoms with Crippen molar-refractivity contribution in [3.05, 3.63) is 119 Å². The molecule has 0 N–H and O–H groups in total. The van der Waals surface area contributed by atoms with Gasteiger partial charge >= 0.3 is 21.1 Å². The molecule has 5 nitrogen and oxygen atoms in total. The maximum atomic E-state index is 6.72. The summed E-state index contributed by atoms with van der Waals surface area (Å²) in [5.74, 6) is 3.81. The van der Waals surface area contributed by atoms with E-state index in [9.17, 15) is 0 Å². The summed E-state index contributed by atoms with van der Waals surface area (Å²) in [7, 11) is 0. The van der Waals surface area contributed by atoms with Crippen molar-refractivity contribution in [2.75, 3.05) is 0 Å². The van der Waals surface area contributed by atoms with Crippen LogP contribution in [-0.4, -0.2) is 19.3 Å². The summed E-state index contributed by atoms with van der Waals surface area (Å²) in [6.07, 6.45) is 7.74. The molecular weight excluding hydrogens is 856 g/mol. The Morgan fingerprint density at radius 2 is 1.65 bits per heavy atom. The second-order valence-electron chi connectivity index (χ2n) is 18.2. The first-order valence-electron chi connectivity index (χ1n) is 20.0. The normalized spacial score (nSPS) is 17.8. The summed E-state index contributed by atoms with van der Waals surface area (Å²) in [6.45, 7) is 27.8. The fourth-order valence-electron chi connectivity index (χ4n) is 8.87. The maximum absolute atomic E-state index is 6.72. The predicted octanol–water partition coefficient (Wildman–Crippen LogP) is 13.2. The van der Waals surface area contributed by atoms with E-state index in [1.54, 1.807) is 0 Å². The zero-order chi connectivity index (χ0) is 38.7. The van der Waals surface area contributed by atoms with Gasteiger partial charge in [-0.25, -0.2) is 4.98 Å². The molecule has 0 saturated heterocycles. The third-order valence-electron chi connectivity index (χ3n) is 11.6. The number of ether oxygens (including phenoxy) is 1. The Balaban J connectivity index is 0.00000514. The zero-order valence-electron chi connectivity index (χ0n) is 34.9. The number of fused-ring (bicyclic) bond motifs is 3. The molecule has 0 saturated carbocycles. The molecule has 290 valence electrons. The van der Waals surface area contributed by atoms with Crippen LogP contribution in [0.2, 0.25) is 0 Å². The van der Waals surface area contributed by atoms with E-state index in [4.69, 9.17) is 14.8 Å². The average molecular weight is 914 g/mol. The summed E-state index contributed by atoms with van der Waals surface area (Å²) in [5, 5.41) is 7.55. The number of allylic oxidation sites excluding steroid dienone is 2. The molecule has 6 heteroatoms. The fourth-order valence-corrected chi connectivity index (χ4v) is 8.87. The van der Waals surface area contributed by atoms with Gasteiger partial charge in [0.15, 0.2) is 0 Å². The molecule has 7 rings (SSSR count). The molecule has 0 aliphatic heterocycles. The molecule has 3 aromatic heterocycles. The van der Waals surface area contributed by atoms with Crippen molar-refractivity contribution >= 4 is 21.8 Å². The van der Waals surface area contributed by atoms with E-state index >= 15 is 0 Å². The van der Waals surface area contributed by atoms with Gasteiger partial charge in [0.25, 0.3) is 0 Å². The standard InChI is InChI=1S/C49H58N4O.Pt/c1-13-16-34-21-22-50-45(25-34)52-43-18-15-14-17-39(43)40-20-19-37(29-44(40)52)54-38-27-35(30(2)3)26-36(28-38)53-33(6)46(32(5)51-53)47-41(48(7,8)9)23-31(4)24-42(47)49(10,11)12;/h14-15,17-23,25-27,30-31,42,47H,13,16,24H2,1-12H3;/q-2;+2/t31-,42-,47?;/m0./s1. The molecule has 1 aliphatic carbocycles. The van der Waals surface area contributed by atoms with Crippen molar-refractivity contribution in [2.24, 2.45) is 22.7 Å². The molecule has 1 aliphatic rings. The molecule has 0 fully saturated rings. The Morgan fingerprint density at radius 3 is 2.35 bits per heavy atom. The van der Waals surface area contributed by atoms with Crippen LogP contribution in [0.5, 0.6) is 11.5 Å². The van der Waals surface area contributed by atoms with Crippen LogP contribution in [0.15, 0.2) is 78.5 Å². The van der Waals surface area contributed by atoms with E-state index < -0.39 is 0 Å². The van der Waals surface area contributed by atoms with Crippen molar-refractivity contribution in [3.63, 3.8) is 0 Å². The van der Waals surface area contributed by atoms with Crippen molar-refractivity contribution < 1.29 is 25.8 Å². The molecular formula is C49H58N4OPt. The topological polar surface area (TPSA) is 44.9 Å². The van der Waals surface area contributed by atoms with E-state index in [1.165, 1.54) is 39.8 Å². The molecule has 1 unspecified atom stereocenters. The minimum Gasteiger partial charge on any atom is -0.509 e. The number of nitrogens with zero attached hydrogens (tertiary/aromatic N) is 4. The van der Waals surface area contributed by atoms with Gasteiger partial charge in [0.05, 0.1) is 5.69 Å². The van der Waals surface area contributed by atoms with E-state index in [-0.39, 0.29) is 37.8 Å². The van der Waals surface area contributed by atoms with Crippen LogP contribution in [0.3, 0.4) is 0 Å². The van der Waals surface area contributed by atoms with Gasteiger partial charge in [-0.2, -0.15) is 11.2 Å². The Kier molecular flexibility index (Phi) is 11.5. The largest absolute Gasteiger partial charge is 2.00 e. The van der Waals surface area contributed by atoms with Gasteiger partial charge in [-0.05, 0) is 90.1 Å². The number of benzene rings is 3. The van der Waals surface area contributed by atoms with Gasteiger partial charge < -0.3 is 9.30 Å². The molecule has 0 radical (unpaired) electrons. The summed E-state index contributed by atoms with van der Waals surface area (Å²) in [5.41, 5.74) is 10.7. The number of pyridine rings is 1. The second kappa shape index (κ2) is 15.5. The van der Waals surface area contributed by atoms with Gasteiger partial charge in [-0.1, -0.05) is 111 Å². The number of hydrogen-bond acceptors (Lipinski definition) is 3. The predicted molar refractivity (Wildman–Crippen MR) is 224 cm³/mol. The van der Waals surface area contributed by atoms with Crippen molar-refractivity contribution in [3.8, 4) is 23.0 Å². The first-order chi connectivity index (χ1) is 25.5. The van der Waals surface area contributed by atoms with Gasteiger partial charge in [0.1, 0.15) is 5.82 Å². The SMILES string of the molecule is CCCc1ccnc(-n2c3[c-]c(Oc4[c-]c(-n5nc(C)c(C6C(C(C)(C)C)=C[C@H](C)C[C@@H]6C(C)(C)C)c5C)cc(C(C)C)c4)ccc3c3ccccc32)c1.[Pt+2]. The van der Waals surface area contributed by atoms with Gasteiger partial charge in [0.2, 0.25) is 0 Å². The van der Waals surface area contributed by atoms with Crippen molar-refractivity contribution in [1.82, 2.24) is 19.3 Å². The summed E-state index contributed by atoms with van der Waals surface area (Å²) < 4.78 is 11.0.